The highest BCUT2D eigenvalue weighted by atomic mass is 16.4. The van der Waals surface area contributed by atoms with Gasteiger partial charge < -0.3 is 10.8 Å². The van der Waals surface area contributed by atoms with Gasteiger partial charge in [0.15, 0.2) is 0 Å². The van der Waals surface area contributed by atoms with E-state index in [4.69, 9.17) is 5.73 Å². The fourth-order valence-electron chi connectivity index (χ4n) is 2.64. The predicted molar refractivity (Wildman–Crippen MR) is 59.9 cm³/mol. The van der Waals surface area contributed by atoms with Crippen molar-refractivity contribution in [1.29, 1.82) is 0 Å². The first kappa shape index (κ1) is 13.0. The summed E-state index contributed by atoms with van der Waals surface area (Å²) in [6, 6.07) is -0.509. The normalized spacial score (nSPS) is 27.9. The molecule has 1 heterocycles. The lowest BCUT2D eigenvalue weighted by Gasteiger charge is -2.37. The average Bonchev–Trinajstić information content (AvgIpc) is 2.62. The number of carbonyl (C=O) groups is 2. The molecule has 1 aliphatic heterocycles. The highest BCUT2D eigenvalue weighted by Gasteiger charge is 2.49. The Balaban J connectivity index is 2.97. The Morgan fingerprint density at radius 3 is 2.62 bits per heavy atom. The maximum absolute atomic E-state index is 11.5. The van der Waals surface area contributed by atoms with Gasteiger partial charge in [0.05, 0.1) is 6.04 Å². The molecule has 92 valence electrons. The molecule has 0 saturated carbocycles. The zero-order valence-corrected chi connectivity index (χ0v) is 9.90. The molecule has 0 aromatic carbocycles. The fourth-order valence-corrected chi connectivity index (χ4v) is 2.64. The highest BCUT2D eigenvalue weighted by molar-refractivity contribution is 5.83. The van der Waals surface area contributed by atoms with Gasteiger partial charge in [-0.3, -0.25) is 14.5 Å². The van der Waals surface area contributed by atoms with Crippen molar-refractivity contribution in [1.82, 2.24) is 4.90 Å². The Hall–Kier alpha value is -1.10. The summed E-state index contributed by atoms with van der Waals surface area (Å²) in [5, 5.41) is 9.40. The van der Waals surface area contributed by atoms with Crippen LogP contribution in [0.3, 0.4) is 0 Å². The molecule has 5 nitrogen and oxygen atoms in total. The number of amides is 1. The van der Waals surface area contributed by atoms with Crippen LogP contribution in [-0.4, -0.2) is 40.0 Å². The highest BCUT2D eigenvalue weighted by Crippen LogP contribution is 2.35. The number of hydrogen-bond acceptors (Lipinski definition) is 3. The van der Waals surface area contributed by atoms with E-state index >= 15 is 0 Å². The molecule has 0 aromatic rings. The quantitative estimate of drug-likeness (QED) is 0.721. The molecule has 5 heteroatoms. The van der Waals surface area contributed by atoms with E-state index in [2.05, 4.69) is 0 Å². The lowest BCUT2D eigenvalue weighted by molar-refractivity contribution is -0.152. The van der Waals surface area contributed by atoms with Gasteiger partial charge in [0, 0.05) is 6.54 Å². The van der Waals surface area contributed by atoms with Crippen molar-refractivity contribution < 1.29 is 14.7 Å². The number of rotatable bonds is 5. The minimum Gasteiger partial charge on any atom is -0.480 e. The molecule has 1 amide bonds. The van der Waals surface area contributed by atoms with E-state index in [9.17, 15) is 14.7 Å². The summed E-state index contributed by atoms with van der Waals surface area (Å²) < 4.78 is 0. The van der Waals surface area contributed by atoms with Crippen LogP contribution in [0.5, 0.6) is 0 Å². The molecule has 0 aromatic heterocycles. The monoisotopic (exact) mass is 228 g/mol. The summed E-state index contributed by atoms with van der Waals surface area (Å²) in [6.45, 7) is 4.27. The van der Waals surface area contributed by atoms with E-state index < -0.39 is 23.5 Å². The Morgan fingerprint density at radius 1 is 1.56 bits per heavy atom. The number of aliphatic carboxylic acids is 1. The zero-order chi connectivity index (χ0) is 12.3. The Bertz CT molecular complexity index is 293. The van der Waals surface area contributed by atoms with Crippen LogP contribution in [0.4, 0.5) is 0 Å². The fraction of sp³-hybridized carbons (Fsp3) is 0.818. The number of nitrogens with zero attached hydrogens (tertiary/aromatic N) is 1. The topological polar surface area (TPSA) is 83.6 Å². The van der Waals surface area contributed by atoms with Crippen molar-refractivity contribution in [2.75, 3.05) is 6.54 Å². The molecule has 2 unspecified atom stereocenters. The molecule has 3 N–H and O–H groups in total. The van der Waals surface area contributed by atoms with Gasteiger partial charge in [-0.15, -0.1) is 0 Å². The van der Waals surface area contributed by atoms with Crippen LogP contribution in [0.1, 0.15) is 39.5 Å². The molecule has 0 aliphatic carbocycles. The Labute approximate surface area is 95.6 Å². The first-order valence-corrected chi connectivity index (χ1v) is 5.75. The number of nitrogens with two attached hydrogens (primary N) is 1. The third kappa shape index (κ3) is 2.04. The van der Waals surface area contributed by atoms with Gasteiger partial charge in [-0.05, 0) is 26.2 Å². The third-order valence-electron chi connectivity index (χ3n) is 3.48. The van der Waals surface area contributed by atoms with E-state index in [0.29, 0.717) is 19.4 Å². The van der Waals surface area contributed by atoms with Crippen LogP contribution < -0.4 is 5.73 Å². The molecule has 1 rings (SSSR count). The van der Waals surface area contributed by atoms with E-state index in [0.717, 1.165) is 12.8 Å². The van der Waals surface area contributed by atoms with Gasteiger partial charge in [0.2, 0.25) is 5.91 Å². The SMILES string of the molecule is CCCC1(C(=O)O)CCCN1C(C)C(N)=O. The number of carbonyl (C=O) groups excluding carboxylic acids is 1. The molecule has 2 atom stereocenters. The van der Waals surface area contributed by atoms with Crippen molar-refractivity contribution in [3.63, 3.8) is 0 Å². The van der Waals surface area contributed by atoms with Gasteiger partial charge in [-0.1, -0.05) is 13.3 Å². The zero-order valence-electron chi connectivity index (χ0n) is 9.90. The molecule has 1 saturated heterocycles. The summed E-state index contributed by atoms with van der Waals surface area (Å²) in [5.41, 5.74) is 4.37. The summed E-state index contributed by atoms with van der Waals surface area (Å²) in [4.78, 5) is 24.4. The molecule has 1 aliphatic rings. The number of primary amides is 1. The van der Waals surface area contributed by atoms with E-state index in [1.54, 1.807) is 11.8 Å². The largest absolute Gasteiger partial charge is 0.480 e. The van der Waals surface area contributed by atoms with Gasteiger partial charge in [0.25, 0.3) is 0 Å². The minimum atomic E-state index is -0.886. The second kappa shape index (κ2) is 4.82. The van der Waals surface area contributed by atoms with Crippen molar-refractivity contribution in [2.24, 2.45) is 5.73 Å². The third-order valence-corrected chi connectivity index (χ3v) is 3.48. The smallest absolute Gasteiger partial charge is 0.324 e. The van der Waals surface area contributed by atoms with Gasteiger partial charge in [0.1, 0.15) is 5.54 Å². The molecule has 16 heavy (non-hydrogen) atoms. The van der Waals surface area contributed by atoms with Crippen LogP contribution in [-0.2, 0) is 9.59 Å². The molecular formula is C11H20N2O3. The standard InChI is InChI=1S/C11H20N2O3/c1-3-5-11(10(15)16)6-4-7-13(11)8(2)9(12)14/h8H,3-7H2,1-2H3,(H2,12,14)(H,15,16). The van der Waals surface area contributed by atoms with Gasteiger partial charge >= 0.3 is 5.97 Å². The predicted octanol–water partition coefficient (Wildman–Crippen LogP) is 0.579. The second-order valence-corrected chi connectivity index (χ2v) is 4.46. The summed E-state index contributed by atoms with van der Waals surface area (Å²) in [7, 11) is 0. The average molecular weight is 228 g/mol. The summed E-state index contributed by atoms with van der Waals surface area (Å²) in [6.07, 6.45) is 2.77. The molecule has 0 radical (unpaired) electrons. The molecule has 0 bridgehead atoms. The molecule has 1 fully saturated rings. The molecular weight excluding hydrogens is 208 g/mol. The summed E-state index contributed by atoms with van der Waals surface area (Å²) >= 11 is 0. The van der Waals surface area contributed by atoms with Crippen LogP contribution in [0.15, 0.2) is 0 Å². The number of hydrogen-bond donors (Lipinski definition) is 2. The van der Waals surface area contributed by atoms with Crippen molar-refractivity contribution in [3.05, 3.63) is 0 Å². The lowest BCUT2D eigenvalue weighted by Crippen LogP contribution is -2.57. The van der Waals surface area contributed by atoms with E-state index in [1.165, 1.54) is 0 Å². The van der Waals surface area contributed by atoms with E-state index in [1.807, 2.05) is 6.92 Å². The van der Waals surface area contributed by atoms with Gasteiger partial charge in [-0.2, -0.15) is 0 Å². The summed E-state index contributed by atoms with van der Waals surface area (Å²) in [5.74, 6) is -1.29. The van der Waals surface area contributed by atoms with Crippen LogP contribution in [0.2, 0.25) is 0 Å². The number of likely N-dealkylation sites (tertiary alicyclic amines) is 1. The first-order valence-electron chi connectivity index (χ1n) is 5.75. The van der Waals surface area contributed by atoms with E-state index in [-0.39, 0.29) is 0 Å². The maximum atomic E-state index is 11.5. The van der Waals surface area contributed by atoms with Crippen LogP contribution in [0, 0.1) is 0 Å². The number of carboxylic acids is 1. The minimum absolute atomic E-state index is 0.455. The van der Waals surface area contributed by atoms with Crippen molar-refractivity contribution in [3.8, 4) is 0 Å². The van der Waals surface area contributed by atoms with Gasteiger partial charge in [-0.25, -0.2) is 0 Å². The Kier molecular flexibility index (Phi) is 3.91. The number of carboxylic acid groups (broad SMARTS) is 1. The Morgan fingerprint density at radius 2 is 2.19 bits per heavy atom. The second-order valence-electron chi connectivity index (χ2n) is 4.46. The van der Waals surface area contributed by atoms with Crippen LogP contribution in [0.25, 0.3) is 0 Å². The first-order chi connectivity index (χ1) is 7.45. The lowest BCUT2D eigenvalue weighted by atomic mass is 9.89. The van der Waals surface area contributed by atoms with Crippen molar-refractivity contribution in [2.45, 2.75) is 51.1 Å². The molecule has 0 spiro atoms. The maximum Gasteiger partial charge on any atom is 0.324 e. The van der Waals surface area contributed by atoms with Crippen molar-refractivity contribution >= 4 is 11.9 Å². The van der Waals surface area contributed by atoms with Crippen LogP contribution >= 0.6 is 0 Å².